The van der Waals surface area contributed by atoms with Crippen LogP contribution in [0.3, 0.4) is 0 Å². The topological polar surface area (TPSA) is 21.3 Å². The lowest BCUT2D eigenvalue weighted by Gasteiger charge is -2.32. The van der Waals surface area contributed by atoms with E-state index in [1.807, 2.05) is 6.08 Å². The smallest absolute Gasteiger partial charge is 0.0565 e. The van der Waals surface area contributed by atoms with E-state index in [0.717, 1.165) is 19.4 Å². The van der Waals surface area contributed by atoms with E-state index in [1.165, 1.54) is 0 Å². The molecule has 0 aromatic rings. The second kappa shape index (κ2) is 4.63. The normalized spacial score (nSPS) is 36.3. The Bertz CT molecular complexity index is 137. The molecule has 2 heteroatoms. The van der Waals surface area contributed by atoms with E-state index < -0.39 is 0 Å². The third kappa shape index (κ3) is 2.95. The molecule has 0 radical (unpaired) electrons. The summed E-state index contributed by atoms with van der Waals surface area (Å²) in [5.41, 5.74) is 0. The molecule has 0 aliphatic carbocycles. The molecule has 2 atom stereocenters. The molecule has 2 nitrogen and oxygen atoms in total. The van der Waals surface area contributed by atoms with Crippen molar-refractivity contribution in [3.8, 4) is 0 Å². The van der Waals surface area contributed by atoms with Gasteiger partial charge in [-0.05, 0) is 26.7 Å². The number of ether oxygens (including phenoxy) is 1. The van der Waals surface area contributed by atoms with Crippen LogP contribution >= 0.6 is 0 Å². The Morgan fingerprint density at radius 3 is 2.50 bits per heavy atom. The van der Waals surface area contributed by atoms with Gasteiger partial charge in [-0.15, -0.1) is 6.58 Å². The predicted molar refractivity (Wildman–Crippen MR) is 51.2 cm³/mol. The first-order chi connectivity index (χ1) is 5.72. The maximum atomic E-state index is 5.63. The second-order valence-corrected chi connectivity index (χ2v) is 3.62. The molecule has 1 heterocycles. The van der Waals surface area contributed by atoms with E-state index in [9.17, 15) is 0 Å². The van der Waals surface area contributed by atoms with Crippen LogP contribution in [0.2, 0.25) is 0 Å². The summed E-state index contributed by atoms with van der Waals surface area (Å²) in [6, 6.07) is 0.613. The van der Waals surface area contributed by atoms with Gasteiger partial charge in [0, 0.05) is 12.6 Å². The molecule has 1 rings (SSSR count). The van der Waals surface area contributed by atoms with E-state index in [-0.39, 0.29) is 0 Å². The first-order valence-electron chi connectivity index (χ1n) is 4.72. The van der Waals surface area contributed by atoms with Crippen molar-refractivity contribution in [2.45, 2.75) is 44.9 Å². The SMILES string of the molecule is C=CCNC1CC(C)OC(C)C1. The fourth-order valence-electron chi connectivity index (χ4n) is 1.82. The van der Waals surface area contributed by atoms with Crippen molar-refractivity contribution < 1.29 is 4.74 Å². The molecule has 0 spiro atoms. The molecular formula is C10H19NO. The first-order valence-corrected chi connectivity index (χ1v) is 4.72. The Hall–Kier alpha value is -0.340. The molecule has 0 aromatic carbocycles. The minimum absolute atomic E-state index is 0.399. The third-order valence-electron chi connectivity index (χ3n) is 2.25. The zero-order chi connectivity index (χ0) is 8.97. The van der Waals surface area contributed by atoms with Crippen molar-refractivity contribution in [3.63, 3.8) is 0 Å². The van der Waals surface area contributed by atoms with Crippen LogP contribution in [0.25, 0.3) is 0 Å². The number of hydrogen-bond donors (Lipinski definition) is 1. The molecule has 12 heavy (non-hydrogen) atoms. The molecule has 0 aromatic heterocycles. The van der Waals surface area contributed by atoms with Crippen LogP contribution < -0.4 is 5.32 Å². The summed E-state index contributed by atoms with van der Waals surface area (Å²) in [4.78, 5) is 0. The molecule has 0 saturated carbocycles. The zero-order valence-electron chi connectivity index (χ0n) is 8.05. The predicted octanol–water partition coefficient (Wildman–Crippen LogP) is 1.72. The van der Waals surface area contributed by atoms with Crippen molar-refractivity contribution >= 4 is 0 Å². The van der Waals surface area contributed by atoms with Crippen molar-refractivity contribution in [2.24, 2.45) is 0 Å². The lowest BCUT2D eigenvalue weighted by atomic mass is 10.00. The van der Waals surface area contributed by atoms with Gasteiger partial charge in [0.05, 0.1) is 12.2 Å². The van der Waals surface area contributed by atoms with Gasteiger partial charge in [0.1, 0.15) is 0 Å². The van der Waals surface area contributed by atoms with Gasteiger partial charge < -0.3 is 10.1 Å². The van der Waals surface area contributed by atoms with Crippen LogP contribution in [-0.4, -0.2) is 24.8 Å². The monoisotopic (exact) mass is 169 g/mol. The summed E-state index contributed by atoms with van der Waals surface area (Å²) in [5, 5.41) is 3.43. The van der Waals surface area contributed by atoms with Gasteiger partial charge in [-0.1, -0.05) is 6.08 Å². The van der Waals surface area contributed by atoms with Crippen molar-refractivity contribution in [3.05, 3.63) is 12.7 Å². The summed E-state index contributed by atoms with van der Waals surface area (Å²) in [6.45, 7) is 8.87. The third-order valence-corrected chi connectivity index (χ3v) is 2.25. The summed E-state index contributed by atoms with van der Waals surface area (Å²) in [7, 11) is 0. The van der Waals surface area contributed by atoms with Crippen LogP contribution in [0.5, 0.6) is 0 Å². The van der Waals surface area contributed by atoms with Gasteiger partial charge in [0.15, 0.2) is 0 Å². The van der Waals surface area contributed by atoms with Gasteiger partial charge >= 0.3 is 0 Å². The van der Waals surface area contributed by atoms with Crippen LogP contribution in [-0.2, 0) is 4.74 Å². The van der Waals surface area contributed by atoms with E-state index in [4.69, 9.17) is 4.74 Å². The highest BCUT2D eigenvalue weighted by Gasteiger charge is 2.23. The highest BCUT2D eigenvalue weighted by molar-refractivity contribution is 4.81. The zero-order valence-corrected chi connectivity index (χ0v) is 8.05. The molecule has 1 saturated heterocycles. The molecule has 70 valence electrons. The lowest BCUT2D eigenvalue weighted by Crippen LogP contribution is -2.41. The van der Waals surface area contributed by atoms with Crippen molar-refractivity contribution in [1.29, 1.82) is 0 Å². The highest BCUT2D eigenvalue weighted by atomic mass is 16.5. The van der Waals surface area contributed by atoms with Gasteiger partial charge in [-0.3, -0.25) is 0 Å². The van der Waals surface area contributed by atoms with Crippen LogP contribution in [0.15, 0.2) is 12.7 Å². The molecule has 1 N–H and O–H groups in total. The molecule has 0 amide bonds. The summed E-state index contributed by atoms with van der Waals surface area (Å²) < 4.78 is 5.63. The highest BCUT2D eigenvalue weighted by Crippen LogP contribution is 2.18. The maximum Gasteiger partial charge on any atom is 0.0565 e. The van der Waals surface area contributed by atoms with Gasteiger partial charge in [0.2, 0.25) is 0 Å². The van der Waals surface area contributed by atoms with Crippen molar-refractivity contribution in [2.75, 3.05) is 6.54 Å². The van der Waals surface area contributed by atoms with E-state index >= 15 is 0 Å². The number of nitrogens with one attached hydrogen (secondary N) is 1. The minimum Gasteiger partial charge on any atom is -0.375 e. The lowest BCUT2D eigenvalue weighted by molar-refractivity contribution is -0.0415. The standard InChI is InChI=1S/C10H19NO/c1-4-5-11-10-6-8(2)12-9(3)7-10/h4,8-11H,1,5-7H2,2-3H3. The molecule has 1 aliphatic heterocycles. The summed E-state index contributed by atoms with van der Waals surface area (Å²) >= 11 is 0. The van der Waals surface area contributed by atoms with Gasteiger partial charge in [-0.2, -0.15) is 0 Å². The second-order valence-electron chi connectivity index (χ2n) is 3.62. The Balaban J connectivity index is 2.28. The average Bonchev–Trinajstić information content (AvgIpc) is 1.99. The fraction of sp³-hybridized carbons (Fsp3) is 0.800. The van der Waals surface area contributed by atoms with Crippen LogP contribution in [0.1, 0.15) is 26.7 Å². The molecule has 0 bridgehead atoms. The van der Waals surface area contributed by atoms with Crippen molar-refractivity contribution in [1.82, 2.24) is 5.32 Å². The van der Waals surface area contributed by atoms with Crippen LogP contribution in [0, 0.1) is 0 Å². The maximum absolute atomic E-state index is 5.63. The molecule has 1 aliphatic rings. The molecule has 2 unspecified atom stereocenters. The van der Waals surface area contributed by atoms with E-state index in [1.54, 1.807) is 0 Å². The average molecular weight is 169 g/mol. The van der Waals surface area contributed by atoms with E-state index in [0.29, 0.717) is 18.2 Å². The number of hydrogen-bond acceptors (Lipinski definition) is 2. The van der Waals surface area contributed by atoms with Crippen LogP contribution in [0.4, 0.5) is 0 Å². The van der Waals surface area contributed by atoms with E-state index in [2.05, 4.69) is 25.7 Å². The molecular weight excluding hydrogens is 150 g/mol. The summed E-state index contributed by atoms with van der Waals surface area (Å²) in [6.07, 6.45) is 4.95. The minimum atomic E-state index is 0.399. The first kappa shape index (κ1) is 9.75. The Morgan fingerprint density at radius 2 is 2.00 bits per heavy atom. The Morgan fingerprint density at radius 1 is 1.42 bits per heavy atom. The quantitative estimate of drug-likeness (QED) is 0.649. The summed E-state index contributed by atoms with van der Waals surface area (Å²) in [5.74, 6) is 0. The van der Waals surface area contributed by atoms with Gasteiger partial charge in [-0.25, -0.2) is 0 Å². The molecule has 1 fully saturated rings. The number of rotatable bonds is 3. The largest absolute Gasteiger partial charge is 0.375 e. The Labute approximate surface area is 75.0 Å². The fourth-order valence-corrected chi connectivity index (χ4v) is 1.82. The Kier molecular flexibility index (Phi) is 3.76. The van der Waals surface area contributed by atoms with Gasteiger partial charge in [0.25, 0.3) is 0 Å².